The van der Waals surface area contributed by atoms with Gasteiger partial charge in [-0.25, -0.2) is 0 Å². The molecule has 1 aliphatic heterocycles. The third-order valence-corrected chi connectivity index (χ3v) is 4.98. The second-order valence-electron chi connectivity index (χ2n) is 6.18. The fourth-order valence-electron chi connectivity index (χ4n) is 3.31. The number of hydrogen-bond donors (Lipinski definition) is 1. The van der Waals surface area contributed by atoms with E-state index in [1.807, 2.05) is 6.92 Å². The highest BCUT2D eigenvalue weighted by atomic mass is 32.1. The minimum atomic E-state index is -0.329. The molecule has 0 aromatic carbocycles. The largest absolute Gasteiger partial charge is 0.333 e. The third kappa shape index (κ3) is 4.63. The zero-order valence-electron chi connectivity index (χ0n) is 13.7. The summed E-state index contributed by atoms with van der Waals surface area (Å²) in [5, 5.41) is 0. The number of rotatable bonds is 9. The van der Waals surface area contributed by atoms with E-state index in [1.165, 1.54) is 0 Å². The van der Waals surface area contributed by atoms with Crippen molar-refractivity contribution in [3.05, 3.63) is 0 Å². The van der Waals surface area contributed by atoms with E-state index in [0.29, 0.717) is 26.2 Å². The van der Waals surface area contributed by atoms with Crippen molar-refractivity contribution < 1.29 is 9.59 Å². The Kier molecular flexibility index (Phi) is 7.57. The smallest absolute Gasteiger partial charge is 0.312 e. The molecule has 0 saturated carbocycles. The molecule has 2 amide bonds. The van der Waals surface area contributed by atoms with Crippen molar-refractivity contribution in [2.75, 3.05) is 31.9 Å². The van der Waals surface area contributed by atoms with Crippen molar-refractivity contribution in [2.24, 2.45) is 5.41 Å². The first kappa shape index (κ1) is 18.3. The minimum Gasteiger partial charge on any atom is -0.333 e. The van der Waals surface area contributed by atoms with Crippen molar-refractivity contribution in [1.29, 1.82) is 0 Å². The molecule has 0 radical (unpaired) electrons. The maximum Gasteiger partial charge on any atom is 0.312 e. The van der Waals surface area contributed by atoms with Gasteiger partial charge in [-0.15, -0.1) is 0 Å². The van der Waals surface area contributed by atoms with Crippen LogP contribution in [0.5, 0.6) is 0 Å². The molecule has 1 aliphatic rings. The van der Waals surface area contributed by atoms with Gasteiger partial charge in [0.05, 0.1) is 0 Å². The maximum absolute atomic E-state index is 12.3. The van der Waals surface area contributed by atoms with Crippen molar-refractivity contribution in [3.8, 4) is 0 Å². The second-order valence-corrected chi connectivity index (χ2v) is 6.49. The molecule has 0 aromatic rings. The number of amides is 2. The molecule has 1 heterocycles. The van der Waals surface area contributed by atoms with E-state index >= 15 is 0 Å². The van der Waals surface area contributed by atoms with Crippen LogP contribution in [0.2, 0.25) is 0 Å². The molecule has 122 valence electrons. The molecule has 0 aliphatic carbocycles. The fraction of sp³-hybridized carbons (Fsp3) is 0.875. The maximum atomic E-state index is 12.3. The van der Waals surface area contributed by atoms with E-state index in [1.54, 1.807) is 9.80 Å². The van der Waals surface area contributed by atoms with E-state index < -0.39 is 0 Å². The first-order valence-corrected chi connectivity index (χ1v) is 8.85. The summed E-state index contributed by atoms with van der Waals surface area (Å²) in [5.41, 5.74) is 0.0511. The van der Waals surface area contributed by atoms with Gasteiger partial charge in [-0.3, -0.25) is 9.59 Å². The molecule has 5 heteroatoms. The Hall–Kier alpha value is -0.710. The van der Waals surface area contributed by atoms with Gasteiger partial charge in [-0.2, -0.15) is 12.6 Å². The zero-order chi connectivity index (χ0) is 15.9. The Morgan fingerprint density at radius 2 is 1.48 bits per heavy atom. The van der Waals surface area contributed by atoms with Crippen LogP contribution in [0.1, 0.15) is 52.9 Å². The molecule has 4 nitrogen and oxygen atoms in total. The van der Waals surface area contributed by atoms with Crippen molar-refractivity contribution in [3.63, 3.8) is 0 Å². The monoisotopic (exact) mass is 314 g/mol. The standard InChI is InChI=1S/C16H30N2O2S/c1-4-7-16(13-21,8-5-2)12-18-11-10-17(9-6-3)14(19)15(18)20/h21H,4-13H2,1-3H3. The highest BCUT2D eigenvalue weighted by molar-refractivity contribution is 7.80. The molecular formula is C16H30N2O2S. The van der Waals surface area contributed by atoms with E-state index in [-0.39, 0.29) is 17.2 Å². The predicted molar refractivity (Wildman–Crippen MR) is 89.6 cm³/mol. The molecule has 0 aromatic heterocycles. The summed E-state index contributed by atoms with van der Waals surface area (Å²) in [6.07, 6.45) is 5.17. The first-order valence-electron chi connectivity index (χ1n) is 8.22. The van der Waals surface area contributed by atoms with Gasteiger partial charge in [0.15, 0.2) is 0 Å². The Labute approximate surface area is 134 Å². The average molecular weight is 314 g/mol. The summed E-state index contributed by atoms with van der Waals surface area (Å²) in [7, 11) is 0. The van der Waals surface area contributed by atoms with Gasteiger partial charge >= 0.3 is 11.8 Å². The Morgan fingerprint density at radius 3 is 1.95 bits per heavy atom. The molecule has 1 rings (SSSR count). The second kappa shape index (κ2) is 8.66. The van der Waals surface area contributed by atoms with Crippen LogP contribution in [0.4, 0.5) is 0 Å². The van der Waals surface area contributed by atoms with Crippen molar-refractivity contribution in [1.82, 2.24) is 9.80 Å². The number of carbonyl (C=O) groups is 2. The summed E-state index contributed by atoms with van der Waals surface area (Å²) < 4.78 is 0. The molecule has 0 atom stereocenters. The summed E-state index contributed by atoms with van der Waals surface area (Å²) >= 11 is 4.54. The lowest BCUT2D eigenvalue weighted by Gasteiger charge is -2.41. The molecule has 0 bridgehead atoms. The Morgan fingerprint density at radius 1 is 0.952 bits per heavy atom. The number of piperazine rings is 1. The van der Waals surface area contributed by atoms with Crippen LogP contribution in [-0.2, 0) is 9.59 Å². The van der Waals surface area contributed by atoms with Gasteiger partial charge in [0.2, 0.25) is 0 Å². The van der Waals surface area contributed by atoms with Crippen LogP contribution in [0.15, 0.2) is 0 Å². The first-order chi connectivity index (χ1) is 10.0. The number of carbonyl (C=O) groups excluding carboxylic acids is 2. The highest BCUT2D eigenvalue weighted by Crippen LogP contribution is 2.33. The Bertz CT molecular complexity index is 354. The summed E-state index contributed by atoms with van der Waals surface area (Å²) in [5.74, 6) is 0.114. The van der Waals surface area contributed by atoms with E-state index in [2.05, 4.69) is 26.5 Å². The van der Waals surface area contributed by atoms with Crippen LogP contribution in [0, 0.1) is 5.41 Å². The topological polar surface area (TPSA) is 40.6 Å². The number of hydrogen-bond acceptors (Lipinski definition) is 3. The van der Waals surface area contributed by atoms with Crippen molar-refractivity contribution >= 4 is 24.4 Å². The molecule has 0 unspecified atom stereocenters. The van der Waals surface area contributed by atoms with Gasteiger partial charge in [0, 0.05) is 26.2 Å². The third-order valence-electron chi connectivity index (χ3n) is 4.31. The minimum absolute atomic E-state index is 0.0511. The van der Waals surface area contributed by atoms with E-state index in [0.717, 1.165) is 37.9 Å². The average Bonchev–Trinajstić information content (AvgIpc) is 2.47. The molecule has 0 spiro atoms. The normalized spacial score (nSPS) is 16.8. The lowest BCUT2D eigenvalue weighted by molar-refractivity contribution is -0.157. The fourth-order valence-corrected chi connectivity index (χ4v) is 3.72. The molecule has 0 N–H and O–H groups in total. The molecule has 1 saturated heterocycles. The SMILES string of the molecule is CCCN1CCN(CC(CS)(CCC)CCC)C(=O)C1=O. The lowest BCUT2D eigenvalue weighted by atomic mass is 9.80. The molecular weight excluding hydrogens is 284 g/mol. The molecule has 21 heavy (non-hydrogen) atoms. The summed E-state index contributed by atoms with van der Waals surface area (Å²) in [6, 6.07) is 0. The molecule has 1 fully saturated rings. The van der Waals surface area contributed by atoms with Crippen LogP contribution in [-0.4, -0.2) is 53.5 Å². The van der Waals surface area contributed by atoms with Crippen LogP contribution >= 0.6 is 12.6 Å². The summed E-state index contributed by atoms with van der Waals surface area (Å²) in [4.78, 5) is 27.9. The van der Waals surface area contributed by atoms with Gasteiger partial charge in [0.1, 0.15) is 0 Å². The van der Waals surface area contributed by atoms with Gasteiger partial charge in [0.25, 0.3) is 0 Å². The predicted octanol–water partition coefficient (Wildman–Crippen LogP) is 2.58. The Balaban J connectivity index is 2.76. The number of thiol groups is 1. The van der Waals surface area contributed by atoms with E-state index in [4.69, 9.17) is 0 Å². The van der Waals surface area contributed by atoms with Crippen LogP contribution in [0.3, 0.4) is 0 Å². The lowest BCUT2D eigenvalue weighted by Crippen LogP contribution is -2.57. The van der Waals surface area contributed by atoms with Gasteiger partial charge in [-0.1, -0.05) is 33.6 Å². The van der Waals surface area contributed by atoms with E-state index in [9.17, 15) is 9.59 Å². The number of nitrogens with zero attached hydrogens (tertiary/aromatic N) is 2. The van der Waals surface area contributed by atoms with Gasteiger partial charge in [-0.05, 0) is 30.4 Å². The highest BCUT2D eigenvalue weighted by Gasteiger charge is 2.37. The van der Waals surface area contributed by atoms with Crippen molar-refractivity contribution in [2.45, 2.75) is 52.9 Å². The summed E-state index contributed by atoms with van der Waals surface area (Å²) in [6.45, 7) is 9.04. The van der Waals surface area contributed by atoms with Gasteiger partial charge < -0.3 is 9.80 Å². The van der Waals surface area contributed by atoms with Crippen LogP contribution < -0.4 is 0 Å². The quantitative estimate of drug-likeness (QED) is 0.525. The van der Waals surface area contributed by atoms with Crippen LogP contribution in [0.25, 0.3) is 0 Å². The zero-order valence-corrected chi connectivity index (χ0v) is 14.6.